The number of aliphatic hydroxyl groups is 1. The zero-order valence-electron chi connectivity index (χ0n) is 25.6. The number of β-amino-alcohol motifs (C(OH)–C–C–N with tert-alkyl or cyclic N) is 1. The zero-order valence-corrected chi connectivity index (χ0v) is 25.6. The van der Waals surface area contributed by atoms with E-state index in [9.17, 15) is 24.3 Å². The third-order valence-corrected chi connectivity index (χ3v) is 9.17. The van der Waals surface area contributed by atoms with Crippen molar-refractivity contribution in [3.8, 4) is 0 Å². The summed E-state index contributed by atoms with van der Waals surface area (Å²) in [6.45, 7) is 4.04. The second-order valence-electron chi connectivity index (χ2n) is 12.0. The molecule has 1 aromatic carbocycles. The summed E-state index contributed by atoms with van der Waals surface area (Å²) >= 11 is 0. The lowest BCUT2D eigenvalue weighted by molar-refractivity contribution is -0.162. The van der Waals surface area contributed by atoms with Crippen LogP contribution >= 0.6 is 0 Å². The number of aliphatic hydroxyl groups excluding tert-OH is 1. The topological polar surface area (TPSA) is 135 Å². The average molecular weight is 610 g/mol. The lowest BCUT2D eigenvalue weighted by Crippen LogP contribution is -2.57. The van der Waals surface area contributed by atoms with Gasteiger partial charge >= 0.3 is 5.97 Å². The van der Waals surface area contributed by atoms with E-state index in [0.717, 1.165) is 12.8 Å². The molecule has 238 valence electrons. The van der Waals surface area contributed by atoms with Gasteiger partial charge in [-0.1, -0.05) is 68.0 Å². The van der Waals surface area contributed by atoms with Crippen molar-refractivity contribution in [1.29, 1.82) is 0 Å². The van der Waals surface area contributed by atoms with Crippen LogP contribution in [-0.4, -0.2) is 102 Å². The minimum Gasteiger partial charge on any atom is -0.455 e. The lowest BCUT2D eigenvalue weighted by atomic mass is 9.77. The van der Waals surface area contributed by atoms with Crippen LogP contribution in [-0.2, 0) is 33.4 Å². The van der Waals surface area contributed by atoms with Crippen molar-refractivity contribution >= 4 is 23.7 Å². The van der Waals surface area contributed by atoms with Crippen LogP contribution in [0.2, 0.25) is 0 Å². The molecule has 11 heteroatoms. The molecule has 1 spiro atoms. The molecule has 11 nitrogen and oxygen atoms in total. The van der Waals surface area contributed by atoms with Crippen LogP contribution in [0.4, 0.5) is 0 Å². The minimum atomic E-state index is -1.44. The first-order chi connectivity index (χ1) is 21.3. The maximum atomic E-state index is 14.3. The number of methoxy groups -OCH3 is 1. The van der Waals surface area contributed by atoms with E-state index in [1.54, 1.807) is 35.3 Å². The van der Waals surface area contributed by atoms with E-state index in [-0.39, 0.29) is 44.0 Å². The second-order valence-corrected chi connectivity index (χ2v) is 12.0. The predicted molar refractivity (Wildman–Crippen MR) is 160 cm³/mol. The standard InChI is InChI=1S/C33H43N3O8/c1-4-11-21(2)35-17-10-16-33-27(30(39)36(18-19-37)29(33)31(35)40)26-24(44-33)14-8-9-15-25(38)34-23(20-42-3)28(43-32(26)41)22-12-6-5-7-13-22/h5-8,10,12-14,16,21,23-24,26-29,37H,4,9,11,15,17-20H2,1-3H3,(H,34,38)/b14-8-/t21?,23-,24-,26+,27+,28-,29-,33+/m0/s1. The summed E-state index contributed by atoms with van der Waals surface area (Å²) in [5.41, 5.74) is -0.783. The number of allylic oxidation sites excluding steroid dienone is 1. The van der Waals surface area contributed by atoms with E-state index in [1.165, 1.54) is 12.0 Å². The molecule has 0 aromatic heterocycles. The van der Waals surface area contributed by atoms with Gasteiger partial charge in [-0.05, 0) is 25.3 Å². The second kappa shape index (κ2) is 13.6. The van der Waals surface area contributed by atoms with Gasteiger partial charge in [0.05, 0.1) is 31.3 Å². The summed E-state index contributed by atoms with van der Waals surface area (Å²) in [6.07, 6.45) is 7.54. The monoisotopic (exact) mass is 609 g/mol. The Balaban J connectivity index is 1.59. The highest BCUT2D eigenvalue weighted by molar-refractivity contribution is 5.99. The maximum absolute atomic E-state index is 14.3. The fourth-order valence-electron chi connectivity index (χ4n) is 7.23. The SMILES string of the molecule is CCCC(C)N1CC=C[C@@]23O[C@H]4/C=C\CCC(=O)N[C@@H](COC)[C@H](c5ccccc5)OC(=O)[C@H]4[C@@H]2C(=O)N(CCO)[C@H]3C1=O. The number of cyclic esters (lactones) is 1. The van der Waals surface area contributed by atoms with Crippen LogP contribution < -0.4 is 5.32 Å². The van der Waals surface area contributed by atoms with Gasteiger partial charge < -0.3 is 34.4 Å². The Morgan fingerprint density at radius 1 is 1.14 bits per heavy atom. The highest BCUT2D eigenvalue weighted by Crippen LogP contribution is 2.53. The van der Waals surface area contributed by atoms with Crippen molar-refractivity contribution in [1.82, 2.24) is 15.1 Å². The summed E-state index contributed by atoms with van der Waals surface area (Å²) in [5.74, 6) is -3.74. The van der Waals surface area contributed by atoms with E-state index in [0.29, 0.717) is 18.5 Å². The van der Waals surface area contributed by atoms with E-state index in [2.05, 4.69) is 12.2 Å². The van der Waals surface area contributed by atoms with Crippen molar-refractivity contribution in [3.63, 3.8) is 0 Å². The third-order valence-electron chi connectivity index (χ3n) is 9.17. The zero-order chi connectivity index (χ0) is 31.4. The van der Waals surface area contributed by atoms with Gasteiger partial charge in [0.2, 0.25) is 17.7 Å². The molecule has 0 aliphatic carbocycles. The molecule has 1 unspecified atom stereocenters. The summed E-state index contributed by atoms with van der Waals surface area (Å²) in [5, 5.41) is 12.9. The van der Waals surface area contributed by atoms with Crippen LogP contribution in [0.3, 0.4) is 0 Å². The van der Waals surface area contributed by atoms with Gasteiger partial charge in [0.15, 0.2) is 0 Å². The van der Waals surface area contributed by atoms with Crippen LogP contribution in [0.5, 0.6) is 0 Å². The fraction of sp³-hybridized carbons (Fsp3) is 0.576. The number of carbonyl (C=O) groups is 4. The summed E-state index contributed by atoms with van der Waals surface area (Å²) in [4.78, 5) is 58.9. The van der Waals surface area contributed by atoms with E-state index < -0.39 is 53.6 Å². The first-order valence-corrected chi connectivity index (χ1v) is 15.5. The van der Waals surface area contributed by atoms with Gasteiger partial charge in [-0.25, -0.2) is 0 Å². The van der Waals surface area contributed by atoms with E-state index in [4.69, 9.17) is 14.2 Å². The molecule has 44 heavy (non-hydrogen) atoms. The number of fused-ring (bicyclic) bond motifs is 2. The molecule has 1 aromatic rings. The van der Waals surface area contributed by atoms with Gasteiger partial charge in [0, 0.05) is 32.7 Å². The molecule has 4 heterocycles. The molecule has 4 aliphatic heterocycles. The van der Waals surface area contributed by atoms with Crippen molar-refractivity contribution in [2.75, 3.05) is 33.4 Å². The number of hydrogen-bond acceptors (Lipinski definition) is 8. The number of esters is 1. The van der Waals surface area contributed by atoms with Crippen LogP contribution in [0.25, 0.3) is 0 Å². The number of nitrogens with zero attached hydrogens (tertiary/aromatic N) is 2. The Morgan fingerprint density at radius 2 is 1.91 bits per heavy atom. The number of nitrogens with one attached hydrogen (secondary N) is 1. The molecule has 4 aliphatic rings. The number of benzene rings is 1. The molecule has 2 fully saturated rings. The van der Waals surface area contributed by atoms with E-state index >= 15 is 0 Å². The minimum absolute atomic E-state index is 0.0719. The molecule has 8 atom stereocenters. The van der Waals surface area contributed by atoms with Crippen molar-refractivity contribution in [2.24, 2.45) is 11.8 Å². The number of likely N-dealkylation sites (tertiary alicyclic amines) is 1. The van der Waals surface area contributed by atoms with Gasteiger partial charge in [-0.2, -0.15) is 0 Å². The summed E-state index contributed by atoms with van der Waals surface area (Å²) in [7, 11) is 1.51. The highest BCUT2D eigenvalue weighted by Gasteiger charge is 2.71. The van der Waals surface area contributed by atoms with Crippen LogP contribution in [0.15, 0.2) is 54.6 Å². The molecule has 3 amide bonds. The Bertz CT molecular complexity index is 1280. The van der Waals surface area contributed by atoms with Gasteiger partial charge in [0.25, 0.3) is 0 Å². The largest absolute Gasteiger partial charge is 0.455 e. The quantitative estimate of drug-likeness (QED) is 0.337. The van der Waals surface area contributed by atoms with Gasteiger partial charge in [-0.3, -0.25) is 19.2 Å². The van der Waals surface area contributed by atoms with Crippen molar-refractivity contribution in [2.45, 2.75) is 75.5 Å². The number of hydrogen-bond donors (Lipinski definition) is 2. The molecule has 5 rings (SSSR count). The highest BCUT2D eigenvalue weighted by atomic mass is 16.6. The van der Waals surface area contributed by atoms with Gasteiger partial charge in [-0.15, -0.1) is 0 Å². The van der Waals surface area contributed by atoms with Crippen LogP contribution in [0.1, 0.15) is 51.2 Å². The first kappa shape index (κ1) is 31.9. The normalized spacial score (nSPS) is 33.7. The first-order valence-electron chi connectivity index (χ1n) is 15.5. The molecule has 0 bridgehead atoms. The average Bonchev–Trinajstić information content (AvgIpc) is 3.38. The Hall–Kier alpha value is -3.54. The van der Waals surface area contributed by atoms with Crippen LogP contribution in [0, 0.1) is 11.8 Å². The third kappa shape index (κ3) is 5.80. The Morgan fingerprint density at radius 3 is 2.61 bits per heavy atom. The van der Waals surface area contributed by atoms with Gasteiger partial charge in [0.1, 0.15) is 23.7 Å². The lowest BCUT2D eigenvalue weighted by Gasteiger charge is -2.37. The predicted octanol–water partition coefficient (Wildman–Crippen LogP) is 1.91. The molecule has 2 saturated heterocycles. The van der Waals surface area contributed by atoms with Crippen molar-refractivity contribution in [3.05, 3.63) is 60.2 Å². The Labute approximate surface area is 258 Å². The number of carbonyl (C=O) groups excluding carboxylic acids is 4. The van der Waals surface area contributed by atoms with E-state index in [1.807, 2.05) is 31.2 Å². The molecule has 0 radical (unpaired) electrons. The summed E-state index contributed by atoms with van der Waals surface area (Å²) < 4.78 is 18.3. The molecular formula is C33H43N3O8. The molecular weight excluding hydrogens is 566 g/mol. The molecule has 0 saturated carbocycles. The number of amides is 3. The Kier molecular flexibility index (Phi) is 9.87. The summed E-state index contributed by atoms with van der Waals surface area (Å²) in [6, 6.07) is 7.26. The smallest absolute Gasteiger partial charge is 0.313 e. The maximum Gasteiger partial charge on any atom is 0.313 e. The molecule has 2 N–H and O–H groups in total. The fourth-order valence-corrected chi connectivity index (χ4v) is 7.23. The van der Waals surface area contributed by atoms with Crippen molar-refractivity contribution < 1.29 is 38.5 Å². The number of ether oxygens (including phenoxy) is 3. The number of rotatable bonds is 8.